The normalized spacial score (nSPS) is 12.1. The van der Waals surface area contributed by atoms with Crippen molar-refractivity contribution < 1.29 is 22.7 Å². The van der Waals surface area contributed by atoms with E-state index in [9.17, 15) is 18.0 Å². The van der Waals surface area contributed by atoms with Crippen molar-refractivity contribution in [2.75, 3.05) is 18.0 Å². The maximum absolute atomic E-state index is 13.9. The highest BCUT2D eigenvalue weighted by molar-refractivity contribution is 9.10. The molecule has 0 saturated carbocycles. The van der Waals surface area contributed by atoms with Crippen molar-refractivity contribution in [3.05, 3.63) is 88.4 Å². The van der Waals surface area contributed by atoms with Gasteiger partial charge in [0.1, 0.15) is 18.3 Å². The Bertz CT molecular complexity index is 1380. The van der Waals surface area contributed by atoms with E-state index in [1.165, 1.54) is 24.1 Å². The van der Waals surface area contributed by atoms with Crippen molar-refractivity contribution in [3.63, 3.8) is 0 Å². The zero-order valence-corrected chi connectivity index (χ0v) is 25.1. The highest BCUT2D eigenvalue weighted by Gasteiger charge is 2.32. The molecule has 0 fully saturated rings. The molecule has 0 aliphatic heterocycles. The van der Waals surface area contributed by atoms with Crippen molar-refractivity contribution in [3.8, 4) is 5.75 Å². The van der Waals surface area contributed by atoms with Gasteiger partial charge in [-0.1, -0.05) is 45.8 Å². The van der Waals surface area contributed by atoms with E-state index in [0.717, 1.165) is 19.9 Å². The average molecular weight is 617 g/mol. The Kier molecular flexibility index (Phi) is 10.2. The Morgan fingerprint density at radius 3 is 2.05 bits per heavy atom. The number of carbonyl (C=O) groups excluding carboxylic acids is 2. The molecule has 0 radical (unpaired) electrons. The Morgan fingerprint density at radius 1 is 0.923 bits per heavy atom. The van der Waals surface area contributed by atoms with E-state index >= 15 is 0 Å². The number of nitrogens with one attached hydrogen (secondary N) is 1. The van der Waals surface area contributed by atoms with Gasteiger partial charge in [0.2, 0.25) is 11.8 Å². The number of benzene rings is 3. The fourth-order valence-corrected chi connectivity index (χ4v) is 5.57. The van der Waals surface area contributed by atoms with Gasteiger partial charge in [0.15, 0.2) is 0 Å². The molecule has 0 aromatic heterocycles. The largest absolute Gasteiger partial charge is 0.497 e. The molecule has 1 N–H and O–H groups in total. The van der Waals surface area contributed by atoms with Crippen molar-refractivity contribution in [1.29, 1.82) is 0 Å². The Morgan fingerprint density at radius 2 is 1.51 bits per heavy atom. The highest BCUT2D eigenvalue weighted by Crippen LogP contribution is 2.27. The third kappa shape index (κ3) is 7.83. The molecular weight excluding hydrogens is 582 g/mol. The summed E-state index contributed by atoms with van der Waals surface area (Å²) < 4.78 is 34.9. The molecular formula is C29H34BrN3O5S. The summed E-state index contributed by atoms with van der Waals surface area (Å²) in [6, 6.07) is 19.3. The third-order valence-corrected chi connectivity index (χ3v) is 8.43. The first-order valence-corrected chi connectivity index (χ1v) is 14.7. The lowest BCUT2D eigenvalue weighted by atomic mass is 10.1. The lowest BCUT2D eigenvalue weighted by Crippen LogP contribution is -2.52. The minimum Gasteiger partial charge on any atom is -0.497 e. The zero-order valence-electron chi connectivity index (χ0n) is 22.7. The van der Waals surface area contributed by atoms with Crippen LogP contribution in [0.5, 0.6) is 5.75 Å². The van der Waals surface area contributed by atoms with Crippen molar-refractivity contribution in [1.82, 2.24) is 10.2 Å². The fraction of sp³-hybridized carbons (Fsp3) is 0.310. The summed E-state index contributed by atoms with van der Waals surface area (Å²) in [4.78, 5) is 28.3. The van der Waals surface area contributed by atoms with Crippen LogP contribution < -0.4 is 14.4 Å². The first kappa shape index (κ1) is 30.2. The van der Waals surface area contributed by atoms with Gasteiger partial charge in [-0.05, 0) is 81.8 Å². The second-order valence-electron chi connectivity index (χ2n) is 9.51. The molecule has 1 atom stereocenters. The number of amides is 2. The first-order valence-electron chi connectivity index (χ1n) is 12.5. The number of methoxy groups -OCH3 is 1. The van der Waals surface area contributed by atoms with Gasteiger partial charge in [0.25, 0.3) is 10.0 Å². The zero-order chi connectivity index (χ0) is 28.7. The Hall–Kier alpha value is -3.37. The van der Waals surface area contributed by atoms with Crippen LogP contribution in [0.2, 0.25) is 0 Å². The van der Waals surface area contributed by atoms with Crippen LogP contribution in [0.25, 0.3) is 0 Å². The van der Waals surface area contributed by atoms with Crippen LogP contribution in [-0.4, -0.2) is 50.9 Å². The number of carbonyl (C=O) groups is 2. The molecule has 0 unspecified atom stereocenters. The van der Waals surface area contributed by atoms with Gasteiger partial charge in [-0.3, -0.25) is 13.9 Å². The number of sulfonamides is 1. The van der Waals surface area contributed by atoms with E-state index in [2.05, 4.69) is 21.2 Å². The van der Waals surface area contributed by atoms with E-state index in [4.69, 9.17) is 4.74 Å². The first-order chi connectivity index (χ1) is 18.4. The summed E-state index contributed by atoms with van der Waals surface area (Å²) in [6.07, 6.45) is 0. The van der Waals surface area contributed by atoms with Crippen LogP contribution in [0.1, 0.15) is 31.9 Å². The van der Waals surface area contributed by atoms with Crippen LogP contribution in [0.4, 0.5) is 5.69 Å². The van der Waals surface area contributed by atoms with Crippen molar-refractivity contribution >= 4 is 43.5 Å². The number of rotatable bonds is 11. The van der Waals surface area contributed by atoms with Gasteiger partial charge < -0.3 is 15.0 Å². The van der Waals surface area contributed by atoms with Crippen LogP contribution in [0.3, 0.4) is 0 Å². The van der Waals surface area contributed by atoms with Crippen LogP contribution in [0, 0.1) is 6.92 Å². The monoisotopic (exact) mass is 615 g/mol. The van der Waals surface area contributed by atoms with E-state index in [1.807, 2.05) is 45.0 Å². The quantitative estimate of drug-likeness (QED) is 0.331. The third-order valence-electron chi connectivity index (χ3n) is 6.11. The maximum atomic E-state index is 13.9. The summed E-state index contributed by atoms with van der Waals surface area (Å²) in [5.41, 5.74) is 2.01. The molecule has 3 aromatic carbocycles. The number of hydrogen-bond donors (Lipinski definition) is 1. The summed E-state index contributed by atoms with van der Waals surface area (Å²) >= 11 is 3.41. The lowest BCUT2D eigenvalue weighted by molar-refractivity contribution is -0.139. The number of ether oxygens (including phenoxy) is 1. The van der Waals surface area contributed by atoms with Gasteiger partial charge in [-0.15, -0.1) is 0 Å². The molecule has 0 heterocycles. The van der Waals surface area contributed by atoms with E-state index in [1.54, 1.807) is 43.3 Å². The van der Waals surface area contributed by atoms with Crippen LogP contribution in [-0.2, 0) is 26.2 Å². The molecule has 10 heteroatoms. The predicted molar refractivity (Wildman–Crippen MR) is 156 cm³/mol. The predicted octanol–water partition coefficient (Wildman–Crippen LogP) is 4.90. The number of aryl methyl sites for hydroxylation is 1. The topological polar surface area (TPSA) is 96.0 Å². The molecule has 208 valence electrons. The number of halogens is 1. The second-order valence-corrected chi connectivity index (χ2v) is 12.3. The van der Waals surface area contributed by atoms with Crippen LogP contribution >= 0.6 is 15.9 Å². The Balaban J connectivity index is 2.03. The van der Waals surface area contributed by atoms with E-state index in [0.29, 0.717) is 11.4 Å². The minimum atomic E-state index is -4.12. The van der Waals surface area contributed by atoms with E-state index in [-0.39, 0.29) is 23.4 Å². The van der Waals surface area contributed by atoms with E-state index < -0.39 is 28.5 Å². The van der Waals surface area contributed by atoms with Crippen LogP contribution in [0.15, 0.2) is 82.2 Å². The smallest absolute Gasteiger partial charge is 0.264 e. The summed E-state index contributed by atoms with van der Waals surface area (Å²) in [5.74, 6) is -0.294. The summed E-state index contributed by atoms with van der Waals surface area (Å²) in [7, 11) is -2.61. The van der Waals surface area contributed by atoms with Gasteiger partial charge in [-0.25, -0.2) is 8.42 Å². The Labute approximate surface area is 239 Å². The molecule has 0 aliphatic carbocycles. The van der Waals surface area contributed by atoms with Gasteiger partial charge in [0, 0.05) is 17.1 Å². The molecule has 0 saturated heterocycles. The molecule has 2 amide bonds. The van der Waals surface area contributed by atoms with Crippen molar-refractivity contribution in [2.45, 2.75) is 51.2 Å². The fourth-order valence-electron chi connectivity index (χ4n) is 3.89. The maximum Gasteiger partial charge on any atom is 0.264 e. The minimum absolute atomic E-state index is 0.0572. The molecule has 3 rings (SSSR count). The lowest BCUT2D eigenvalue weighted by Gasteiger charge is -2.32. The summed E-state index contributed by atoms with van der Waals surface area (Å²) in [5, 5.41) is 2.85. The van der Waals surface area contributed by atoms with Gasteiger partial charge >= 0.3 is 0 Å². The number of nitrogens with zero attached hydrogens (tertiary/aromatic N) is 2. The van der Waals surface area contributed by atoms with Crippen molar-refractivity contribution in [2.24, 2.45) is 0 Å². The second kappa shape index (κ2) is 13.1. The standard InChI is InChI=1S/C29H34BrN3O5S/c1-20(2)31-29(35)22(4)32(18-23-8-10-24(30)11-9-23)28(34)19-33(25-12-14-26(38-5)15-13-25)39(36,37)27-16-6-21(3)7-17-27/h6-17,20,22H,18-19H2,1-5H3,(H,31,35)/t22-/m0/s1. The molecule has 0 aliphatic rings. The molecule has 3 aromatic rings. The number of hydrogen-bond acceptors (Lipinski definition) is 5. The van der Waals surface area contributed by atoms with Gasteiger partial charge in [0.05, 0.1) is 17.7 Å². The SMILES string of the molecule is COc1ccc(N(CC(=O)N(Cc2ccc(Br)cc2)[C@@H](C)C(=O)NC(C)C)S(=O)(=O)c2ccc(C)cc2)cc1. The highest BCUT2D eigenvalue weighted by atomic mass is 79.9. The molecule has 8 nitrogen and oxygen atoms in total. The number of anilines is 1. The molecule has 0 spiro atoms. The molecule has 0 bridgehead atoms. The average Bonchev–Trinajstić information content (AvgIpc) is 2.90. The summed E-state index contributed by atoms with van der Waals surface area (Å²) in [6.45, 7) is 6.81. The van der Waals surface area contributed by atoms with Gasteiger partial charge in [-0.2, -0.15) is 0 Å². The molecule has 39 heavy (non-hydrogen) atoms.